The van der Waals surface area contributed by atoms with Gasteiger partial charge in [0.25, 0.3) is 0 Å². The number of hydrogen-bond acceptors (Lipinski definition) is 4. The number of benzene rings is 6. The van der Waals surface area contributed by atoms with Crippen LogP contribution in [0.4, 0.5) is 0 Å². The highest BCUT2D eigenvalue weighted by molar-refractivity contribution is 7.95. The van der Waals surface area contributed by atoms with Gasteiger partial charge >= 0.3 is 0 Å². The molecular formula is C44H34N4P2+2. The summed E-state index contributed by atoms with van der Waals surface area (Å²) in [5, 5.41) is 27.9. The SMILES string of the molecule is N#Cc1nc(C[P+](c2ccccc2)(c2ccccc2)c2ccccc2)c(C[P+](c2ccccc2)(c2ccccc2)c2ccccc2)nc1C#N. The molecule has 50 heavy (non-hydrogen) atoms. The van der Waals surface area contributed by atoms with E-state index in [1.54, 1.807) is 0 Å². The van der Waals surface area contributed by atoms with Crippen LogP contribution >= 0.6 is 14.5 Å². The number of rotatable bonds is 10. The van der Waals surface area contributed by atoms with Gasteiger partial charge in [-0.05, 0) is 72.8 Å². The molecule has 0 saturated carbocycles. The van der Waals surface area contributed by atoms with E-state index in [0.29, 0.717) is 12.3 Å². The molecule has 6 aromatic carbocycles. The van der Waals surface area contributed by atoms with Crippen molar-refractivity contribution in [2.45, 2.75) is 12.3 Å². The van der Waals surface area contributed by atoms with Crippen LogP contribution in [0.15, 0.2) is 182 Å². The molecule has 7 aromatic rings. The molecule has 238 valence electrons. The fourth-order valence-electron chi connectivity index (χ4n) is 6.90. The second-order valence-corrected chi connectivity index (χ2v) is 19.0. The molecule has 0 bridgehead atoms. The van der Waals surface area contributed by atoms with E-state index in [4.69, 9.17) is 9.97 Å². The van der Waals surface area contributed by atoms with Crippen molar-refractivity contribution >= 4 is 46.4 Å². The smallest absolute Gasteiger partial charge is 0.177 e. The van der Waals surface area contributed by atoms with Gasteiger partial charge in [0.05, 0.1) is 0 Å². The normalized spacial score (nSPS) is 11.3. The monoisotopic (exact) mass is 680 g/mol. The van der Waals surface area contributed by atoms with Crippen molar-refractivity contribution in [2.24, 2.45) is 0 Å². The lowest BCUT2D eigenvalue weighted by molar-refractivity contribution is 0.982. The second kappa shape index (κ2) is 14.8. The number of aromatic nitrogens is 2. The van der Waals surface area contributed by atoms with Gasteiger partial charge in [0.1, 0.15) is 82.2 Å². The number of nitrogens with zero attached hydrogens (tertiary/aromatic N) is 4. The molecule has 1 aromatic heterocycles. The minimum absolute atomic E-state index is 0.0570. The van der Waals surface area contributed by atoms with Gasteiger partial charge in [-0.2, -0.15) is 10.5 Å². The molecule has 1 heterocycles. The van der Waals surface area contributed by atoms with E-state index >= 15 is 0 Å². The zero-order valence-corrected chi connectivity index (χ0v) is 29.2. The van der Waals surface area contributed by atoms with Crippen molar-refractivity contribution in [2.75, 3.05) is 0 Å². The van der Waals surface area contributed by atoms with Gasteiger partial charge in [-0.3, -0.25) is 0 Å². The van der Waals surface area contributed by atoms with E-state index in [-0.39, 0.29) is 11.4 Å². The molecule has 0 aliphatic carbocycles. The predicted octanol–water partition coefficient (Wildman–Crippen LogP) is 7.21. The van der Waals surface area contributed by atoms with Crippen LogP contribution in [0.1, 0.15) is 22.8 Å². The summed E-state index contributed by atoms with van der Waals surface area (Å²) in [4.78, 5) is 10.2. The molecule has 6 heteroatoms. The summed E-state index contributed by atoms with van der Waals surface area (Å²) in [6, 6.07) is 68.4. The molecule has 0 fully saturated rings. The maximum atomic E-state index is 10.3. The van der Waals surface area contributed by atoms with Crippen LogP contribution in [-0.2, 0) is 12.3 Å². The van der Waals surface area contributed by atoms with Crippen molar-refractivity contribution in [3.05, 3.63) is 205 Å². The highest BCUT2D eigenvalue weighted by Crippen LogP contribution is 2.61. The van der Waals surface area contributed by atoms with Gasteiger partial charge < -0.3 is 0 Å². The summed E-state index contributed by atoms with van der Waals surface area (Å²) in [5.41, 5.74) is 1.61. The maximum Gasteiger partial charge on any atom is 0.177 e. The largest absolute Gasteiger partial charge is 0.233 e. The first kappa shape index (κ1) is 32.8. The molecule has 0 unspecified atom stereocenters. The Labute approximate surface area is 295 Å². The maximum absolute atomic E-state index is 10.3. The molecule has 0 spiro atoms. The van der Waals surface area contributed by atoms with E-state index in [0.717, 1.165) is 11.4 Å². The molecule has 0 atom stereocenters. The third kappa shape index (κ3) is 6.13. The molecule has 0 aliphatic heterocycles. The van der Waals surface area contributed by atoms with Crippen LogP contribution in [0.25, 0.3) is 0 Å². The standard InChI is InChI=1S/C44H34N4P2/c45-31-41-42(32-46)48-44(34-50(38-25-13-4-14-26-38,39-27-15-5-16-28-39)40-29-17-6-18-30-40)43(47-41)33-49(35-19-7-1-8-20-35,36-21-9-2-10-22-36)37-23-11-3-12-24-37/h1-30H,33-34H2/q+2. The Balaban J connectivity index is 1.54. The first-order valence-electron chi connectivity index (χ1n) is 16.5. The van der Waals surface area contributed by atoms with Crippen molar-refractivity contribution in [3.63, 3.8) is 0 Å². The summed E-state index contributed by atoms with van der Waals surface area (Å²) < 4.78 is 0. The van der Waals surface area contributed by atoms with Crippen LogP contribution in [0.2, 0.25) is 0 Å². The first-order chi connectivity index (χ1) is 24.7. The van der Waals surface area contributed by atoms with Crippen molar-refractivity contribution in [1.29, 1.82) is 10.5 Å². The van der Waals surface area contributed by atoms with Crippen LogP contribution < -0.4 is 31.8 Å². The Bertz CT molecular complexity index is 1910. The number of hydrogen-bond donors (Lipinski definition) is 0. The van der Waals surface area contributed by atoms with E-state index < -0.39 is 14.5 Å². The molecule has 4 nitrogen and oxygen atoms in total. The zero-order chi connectivity index (χ0) is 34.2. The van der Waals surface area contributed by atoms with Crippen molar-refractivity contribution in [3.8, 4) is 12.1 Å². The van der Waals surface area contributed by atoms with Crippen molar-refractivity contribution < 1.29 is 0 Å². The minimum atomic E-state index is -2.42. The van der Waals surface area contributed by atoms with Crippen LogP contribution in [0, 0.1) is 22.7 Å². The van der Waals surface area contributed by atoms with Crippen LogP contribution in [0.3, 0.4) is 0 Å². The Hall–Kier alpha value is -5.76. The van der Waals surface area contributed by atoms with E-state index in [9.17, 15) is 10.5 Å². The first-order valence-corrected chi connectivity index (χ1v) is 20.4. The summed E-state index contributed by atoms with van der Waals surface area (Å²) >= 11 is 0. The number of nitriles is 2. The summed E-state index contributed by atoms with van der Waals surface area (Å²) in [7, 11) is -4.84. The quantitative estimate of drug-likeness (QED) is 0.143. The topological polar surface area (TPSA) is 73.4 Å². The summed E-state index contributed by atoms with van der Waals surface area (Å²) in [6.07, 6.45) is 1.07. The molecule has 0 N–H and O–H groups in total. The predicted molar refractivity (Wildman–Crippen MR) is 209 cm³/mol. The Morgan fingerprint density at radius 3 is 0.720 bits per heavy atom. The van der Waals surface area contributed by atoms with Gasteiger partial charge in [-0.25, -0.2) is 9.97 Å². The molecule has 7 rings (SSSR count). The van der Waals surface area contributed by atoms with E-state index in [1.165, 1.54) is 31.8 Å². The van der Waals surface area contributed by atoms with Gasteiger partial charge in [-0.1, -0.05) is 109 Å². The lowest BCUT2D eigenvalue weighted by atomic mass is 10.2. The summed E-state index contributed by atoms with van der Waals surface area (Å²) in [6.45, 7) is 0. The van der Waals surface area contributed by atoms with Gasteiger partial charge in [0, 0.05) is 0 Å². The molecule has 0 aliphatic rings. The highest BCUT2D eigenvalue weighted by Gasteiger charge is 2.50. The summed E-state index contributed by atoms with van der Waals surface area (Å²) in [5.74, 6) is 0. The fourth-order valence-corrected chi connectivity index (χ4v) is 15.3. The average Bonchev–Trinajstić information content (AvgIpc) is 3.21. The third-order valence-corrected chi connectivity index (χ3v) is 17.8. The van der Waals surface area contributed by atoms with Gasteiger partial charge in [0.15, 0.2) is 11.4 Å². The Kier molecular flexibility index (Phi) is 9.69. The fraction of sp³-hybridized carbons (Fsp3) is 0.0455. The van der Waals surface area contributed by atoms with Crippen molar-refractivity contribution in [1.82, 2.24) is 9.97 Å². The van der Waals surface area contributed by atoms with Crippen LogP contribution in [0.5, 0.6) is 0 Å². The minimum Gasteiger partial charge on any atom is -0.233 e. The van der Waals surface area contributed by atoms with E-state index in [2.05, 4.69) is 158 Å². The second-order valence-electron chi connectivity index (χ2n) is 12.0. The molecule has 0 amide bonds. The van der Waals surface area contributed by atoms with Crippen LogP contribution in [-0.4, -0.2) is 9.97 Å². The Morgan fingerprint density at radius 2 is 0.540 bits per heavy atom. The third-order valence-electron chi connectivity index (χ3n) is 9.22. The highest BCUT2D eigenvalue weighted by atomic mass is 31.2. The van der Waals surface area contributed by atoms with Gasteiger partial charge in [-0.15, -0.1) is 0 Å². The zero-order valence-electron chi connectivity index (χ0n) is 27.4. The van der Waals surface area contributed by atoms with E-state index in [1.807, 2.05) is 36.4 Å². The van der Waals surface area contributed by atoms with Gasteiger partial charge in [0.2, 0.25) is 0 Å². The molecule has 0 saturated heterocycles. The lowest BCUT2D eigenvalue weighted by Crippen LogP contribution is -2.35. The average molecular weight is 681 g/mol. The molecule has 0 radical (unpaired) electrons. The Morgan fingerprint density at radius 1 is 0.340 bits per heavy atom. The lowest BCUT2D eigenvalue weighted by Gasteiger charge is -2.30. The molecular weight excluding hydrogens is 646 g/mol.